The maximum atomic E-state index is 12.3. The van der Waals surface area contributed by atoms with Gasteiger partial charge in [-0.25, -0.2) is 4.52 Å². The molecule has 3 aromatic heterocycles. The fourth-order valence-electron chi connectivity index (χ4n) is 3.24. The first-order valence-electron chi connectivity index (χ1n) is 9.56. The monoisotopic (exact) mass is 430 g/mol. The number of carbonyl (C=O) groups is 1. The largest absolute Gasteiger partial charge is 0.497 e. The standard InChI is InChI=1S/C22H18N6O2S/c1-30-17-9-7-16(8-10-17)23-20(29)14-31-22-25-24-21-19-13-18(15-5-3-2-4-6-15)26-28(19)12-11-27(21)22/h2-13H,14H2,1H3,(H,23,29). The average Bonchev–Trinajstić information content (AvgIpc) is 3.43. The first-order chi connectivity index (χ1) is 15.2. The van der Waals surface area contributed by atoms with Gasteiger partial charge in [0.1, 0.15) is 11.3 Å². The van der Waals surface area contributed by atoms with Crippen molar-refractivity contribution in [2.75, 3.05) is 18.2 Å². The number of rotatable bonds is 6. The van der Waals surface area contributed by atoms with Crippen molar-refractivity contribution < 1.29 is 9.53 Å². The van der Waals surface area contributed by atoms with Crippen LogP contribution in [0.5, 0.6) is 5.75 Å². The molecule has 5 aromatic rings. The van der Waals surface area contributed by atoms with Crippen LogP contribution in [-0.2, 0) is 4.79 Å². The number of carbonyl (C=O) groups excluding carboxylic acids is 1. The van der Waals surface area contributed by atoms with E-state index in [1.807, 2.05) is 53.2 Å². The second kappa shape index (κ2) is 8.11. The van der Waals surface area contributed by atoms with Crippen LogP contribution in [0.3, 0.4) is 0 Å². The summed E-state index contributed by atoms with van der Waals surface area (Å²) in [7, 11) is 1.60. The number of hydrogen-bond donors (Lipinski definition) is 1. The minimum absolute atomic E-state index is 0.122. The SMILES string of the molecule is COc1ccc(NC(=O)CSc2nnc3c4cc(-c5ccccc5)nn4ccn23)cc1. The van der Waals surface area contributed by atoms with E-state index in [2.05, 4.69) is 20.6 Å². The zero-order chi connectivity index (χ0) is 21.2. The fraction of sp³-hybridized carbons (Fsp3) is 0.0909. The first kappa shape index (κ1) is 19.1. The molecule has 0 atom stereocenters. The smallest absolute Gasteiger partial charge is 0.234 e. The number of benzene rings is 2. The zero-order valence-corrected chi connectivity index (χ0v) is 17.4. The van der Waals surface area contributed by atoms with Crippen molar-refractivity contribution in [3.63, 3.8) is 0 Å². The lowest BCUT2D eigenvalue weighted by molar-refractivity contribution is -0.113. The number of methoxy groups -OCH3 is 1. The van der Waals surface area contributed by atoms with E-state index in [1.54, 1.807) is 35.9 Å². The Bertz CT molecular complexity index is 1360. The normalized spacial score (nSPS) is 11.1. The van der Waals surface area contributed by atoms with E-state index >= 15 is 0 Å². The third-order valence-electron chi connectivity index (χ3n) is 4.76. The lowest BCUT2D eigenvalue weighted by atomic mass is 10.1. The van der Waals surface area contributed by atoms with Gasteiger partial charge in [0.25, 0.3) is 0 Å². The summed E-state index contributed by atoms with van der Waals surface area (Å²) in [6.07, 6.45) is 3.72. The number of hydrogen-bond acceptors (Lipinski definition) is 6. The van der Waals surface area contributed by atoms with Crippen molar-refractivity contribution >= 4 is 34.5 Å². The summed E-state index contributed by atoms with van der Waals surface area (Å²) in [5, 5.41) is 16.7. The van der Waals surface area contributed by atoms with Crippen molar-refractivity contribution in [1.29, 1.82) is 0 Å². The van der Waals surface area contributed by atoms with Crippen LogP contribution in [-0.4, -0.2) is 43.0 Å². The highest BCUT2D eigenvalue weighted by atomic mass is 32.2. The van der Waals surface area contributed by atoms with Gasteiger partial charge in [0.05, 0.1) is 18.6 Å². The molecule has 8 nitrogen and oxygen atoms in total. The van der Waals surface area contributed by atoms with Gasteiger partial charge in [-0.05, 0) is 30.3 Å². The molecule has 0 aliphatic carbocycles. The van der Waals surface area contributed by atoms with Gasteiger partial charge in [-0.3, -0.25) is 9.20 Å². The number of nitrogens with zero attached hydrogens (tertiary/aromatic N) is 5. The Morgan fingerprint density at radius 3 is 2.65 bits per heavy atom. The summed E-state index contributed by atoms with van der Waals surface area (Å²) in [5.74, 6) is 0.833. The number of aromatic nitrogens is 5. The predicted molar refractivity (Wildman–Crippen MR) is 120 cm³/mol. The van der Waals surface area contributed by atoms with E-state index in [0.29, 0.717) is 16.5 Å². The Labute approximate surface area is 181 Å². The number of fused-ring (bicyclic) bond motifs is 3. The Hall–Kier alpha value is -3.85. The van der Waals surface area contributed by atoms with E-state index < -0.39 is 0 Å². The molecule has 0 fully saturated rings. The predicted octanol–water partition coefficient (Wildman–Crippen LogP) is 3.78. The molecular formula is C22H18N6O2S. The lowest BCUT2D eigenvalue weighted by Crippen LogP contribution is -2.14. The third-order valence-corrected chi connectivity index (χ3v) is 5.71. The number of anilines is 1. The topological polar surface area (TPSA) is 85.8 Å². The highest BCUT2D eigenvalue weighted by molar-refractivity contribution is 7.99. The fourth-order valence-corrected chi connectivity index (χ4v) is 3.96. The quantitative estimate of drug-likeness (QED) is 0.413. The van der Waals surface area contributed by atoms with Gasteiger partial charge in [0.2, 0.25) is 5.91 Å². The summed E-state index contributed by atoms with van der Waals surface area (Å²) in [6, 6.07) is 19.2. The Balaban J connectivity index is 1.34. The van der Waals surface area contributed by atoms with Crippen LogP contribution in [0.4, 0.5) is 5.69 Å². The van der Waals surface area contributed by atoms with Crippen LogP contribution in [0.15, 0.2) is 78.2 Å². The molecule has 3 heterocycles. The minimum Gasteiger partial charge on any atom is -0.497 e. The molecule has 0 radical (unpaired) electrons. The number of ether oxygens (including phenoxy) is 1. The van der Waals surface area contributed by atoms with Gasteiger partial charge in [-0.15, -0.1) is 10.2 Å². The van der Waals surface area contributed by atoms with Crippen LogP contribution >= 0.6 is 11.8 Å². The maximum absolute atomic E-state index is 12.3. The van der Waals surface area contributed by atoms with E-state index in [1.165, 1.54) is 11.8 Å². The van der Waals surface area contributed by atoms with Gasteiger partial charge >= 0.3 is 0 Å². The Kier molecular flexibility index (Phi) is 5.01. The van der Waals surface area contributed by atoms with Crippen LogP contribution in [0, 0.1) is 0 Å². The summed E-state index contributed by atoms with van der Waals surface area (Å²) in [6.45, 7) is 0. The molecular weight excluding hydrogens is 412 g/mol. The van der Waals surface area contributed by atoms with Crippen LogP contribution < -0.4 is 10.1 Å². The number of amides is 1. The maximum Gasteiger partial charge on any atom is 0.234 e. The molecule has 0 saturated heterocycles. The molecule has 0 aliphatic rings. The van der Waals surface area contributed by atoms with Gasteiger partial charge in [-0.1, -0.05) is 42.1 Å². The van der Waals surface area contributed by atoms with Gasteiger partial charge in [0.15, 0.2) is 10.8 Å². The van der Waals surface area contributed by atoms with E-state index in [0.717, 1.165) is 22.5 Å². The average molecular weight is 430 g/mol. The molecule has 1 amide bonds. The second-order valence-electron chi connectivity index (χ2n) is 6.77. The van der Waals surface area contributed by atoms with Crippen molar-refractivity contribution in [1.82, 2.24) is 24.2 Å². The van der Waals surface area contributed by atoms with E-state index in [4.69, 9.17) is 4.74 Å². The van der Waals surface area contributed by atoms with E-state index in [-0.39, 0.29) is 11.7 Å². The van der Waals surface area contributed by atoms with E-state index in [9.17, 15) is 4.79 Å². The van der Waals surface area contributed by atoms with Crippen molar-refractivity contribution in [3.8, 4) is 17.0 Å². The van der Waals surface area contributed by atoms with Gasteiger partial charge in [-0.2, -0.15) is 5.10 Å². The summed E-state index contributed by atoms with van der Waals surface area (Å²) in [4.78, 5) is 12.3. The molecule has 0 saturated carbocycles. The molecule has 31 heavy (non-hydrogen) atoms. The number of nitrogens with one attached hydrogen (secondary N) is 1. The Morgan fingerprint density at radius 2 is 1.87 bits per heavy atom. The molecule has 2 aromatic carbocycles. The van der Waals surface area contributed by atoms with Crippen LogP contribution in [0.1, 0.15) is 0 Å². The van der Waals surface area contributed by atoms with Crippen molar-refractivity contribution in [3.05, 3.63) is 73.1 Å². The van der Waals surface area contributed by atoms with Crippen molar-refractivity contribution in [2.45, 2.75) is 5.16 Å². The highest BCUT2D eigenvalue weighted by Gasteiger charge is 2.14. The molecule has 154 valence electrons. The molecule has 1 N–H and O–H groups in total. The highest BCUT2D eigenvalue weighted by Crippen LogP contribution is 2.24. The minimum atomic E-state index is -0.122. The molecule has 0 spiro atoms. The molecule has 9 heteroatoms. The Morgan fingerprint density at radius 1 is 1.06 bits per heavy atom. The van der Waals surface area contributed by atoms with Crippen molar-refractivity contribution in [2.24, 2.45) is 0 Å². The second-order valence-corrected chi connectivity index (χ2v) is 7.71. The molecule has 0 aliphatic heterocycles. The lowest BCUT2D eigenvalue weighted by Gasteiger charge is -2.06. The van der Waals surface area contributed by atoms with Crippen LogP contribution in [0.2, 0.25) is 0 Å². The van der Waals surface area contributed by atoms with Gasteiger partial charge in [0, 0.05) is 23.6 Å². The molecule has 5 rings (SSSR count). The summed E-state index contributed by atoms with van der Waals surface area (Å²) >= 11 is 1.33. The zero-order valence-electron chi connectivity index (χ0n) is 16.6. The third kappa shape index (κ3) is 3.82. The molecule has 0 unspecified atom stereocenters. The summed E-state index contributed by atoms with van der Waals surface area (Å²) < 4.78 is 8.79. The van der Waals surface area contributed by atoms with Crippen LogP contribution in [0.25, 0.3) is 22.4 Å². The van der Waals surface area contributed by atoms with Gasteiger partial charge < -0.3 is 10.1 Å². The molecule has 0 bridgehead atoms. The number of thioether (sulfide) groups is 1. The summed E-state index contributed by atoms with van der Waals surface area (Å²) in [5.41, 5.74) is 4.16. The first-order valence-corrected chi connectivity index (χ1v) is 10.5.